The van der Waals surface area contributed by atoms with Crippen LogP contribution in [0.15, 0.2) is 12.1 Å². The smallest absolute Gasteiger partial charge is 0.200 e. The van der Waals surface area contributed by atoms with Gasteiger partial charge in [0.05, 0.1) is 6.61 Å². The highest BCUT2D eigenvalue weighted by molar-refractivity contribution is 5.33. The Labute approximate surface area is 214 Å². The van der Waals surface area contributed by atoms with E-state index in [1.807, 2.05) is 0 Å². The molecule has 1 aromatic carbocycles. The van der Waals surface area contributed by atoms with Gasteiger partial charge in [-0.25, -0.2) is 4.39 Å². The Morgan fingerprint density at radius 2 is 1.34 bits per heavy atom. The lowest BCUT2D eigenvalue weighted by Crippen LogP contribution is -2.28. The average molecular weight is 491 g/mol. The molecule has 1 atom stereocenters. The molecule has 2 fully saturated rings. The number of hydrogen-bond acceptors (Lipinski definition) is 1. The molecule has 2 saturated carbocycles. The van der Waals surface area contributed by atoms with Crippen molar-refractivity contribution in [2.45, 2.75) is 136 Å². The fourth-order valence-electron chi connectivity index (χ4n) is 6.87. The Kier molecular flexibility index (Phi) is 12.4. The van der Waals surface area contributed by atoms with Gasteiger partial charge in [0.1, 0.15) is 0 Å². The summed E-state index contributed by atoms with van der Waals surface area (Å²) in [4.78, 5) is 0. The van der Waals surface area contributed by atoms with Crippen molar-refractivity contribution >= 4 is 0 Å². The van der Waals surface area contributed by atoms with Crippen molar-refractivity contribution in [2.75, 3.05) is 6.61 Å². The Hall–Kier alpha value is -1.12. The first-order valence-corrected chi connectivity index (χ1v) is 15.2. The molecule has 2 aliphatic carbocycles. The van der Waals surface area contributed by atoms with E-state index in [0.29, 0.717) is 12.2 Å². The number of benzene rings is 1. The highest BCUT2D eigenvalue weighted by Crippen LogP contribution is 2.45. The molecule has 0 N–H and O–H groups in total. The van der Waals surface area contributed by atoms with Crippen LogP contribution in [-0.2, 0) is 0 Å². The molecular formula is C32H52F2O. The molecule has 0 heterocycles. The standard InChI is InChI=1S/C32H52F2O/c1-4-6-8-9-10-11-23-35-30-22-21-29(31(33)32(30)34)28-19-17-27(18-20-28)24(3)26-15-13-25(14-16-26)12-7-5-2/h21-22,24-28H,4-20,23H2,1-3H3/t24?,25?,26?,27-,28-. The highest BCUT2D eigenvalue weighted by Gasteiger charge is 2.33. The van der Waals surface area contributed by atoms with Gasteiger partial charge in [0.15, 0.2) is 11.6 Å². The van der Waals surface area contributed by atoms with E-state index < -0.39 is 11.6 Å². The lowest BCUT2D eigenvalue weighted by molar-refractivity contribution is 0.131. The van der Waals surface area contributed by atoms with Crippen molar-refractivity contribution in [3.8, 4) is 5.75 Å². The van der Waals surface area contributed by atoms with Crippen molar-refractivity contribution < 1.29 is 13.5 Å². The molecule has 35 heavy (non-hydrogen) atoms. The number of rotatable bonds is 14. The quantitative estimate of drug-likeness (QED) is 0.236. The summed E-state index contributed by atoms with van der Waals surface area (Å²) in [5, 5.41) is 0. The van der Waals surface area contributed by atoms with Gasteiger partial charge in [0.2, 0.25) is 5.82 Å². The second kappa shape index (κ2) is 15.2. The Morgan fingerprint density at radius 3 is 2.00 bits per heavy atom. The second-order valence-corrected chi connectivity index (χ2v) is 11.8. The first-order chi connectivity index (χ1) is 17.0. The predicted octanol–water partition coefficient (Wildman–Crippen LogP) is 10.6. The minimum Gasteiger partial charge on any atom is -0.490 e. The lowest BCUT2D eigenvalue weighted by atomic mass is 9.66. The third-order valence-corrected chi connectivity index (χ3v) is 9.39. The molecule has 0 bridgehead atoms. The Balaban J connectivity index is 1.43. The first kappa shape index (κ1) is 28.5. The SMILES string of the molecule is CCCCCCCCOc1ccc([C@H]2CC[C@H](C(C)C3CCC(CCCC)CC3)CC2)c(F)c1F. The van der Waals surface area contributed by atoms with Gasteiger partial charge in [0, 0.05) is 0 Å². The van der Waals surface area contributed by atoms with Crippen LogP contribution in [0.5, 0.6) is 5.75 Å². The summed E-state index contributed by atoms with van der Waals surface area (Å²) in [6.45, 7) is 7.43. The third kappa shape index (κ3) is 8.46. The van der Waals surface area contributed by atoms with E-state index in [0.717, 1.165) is 62.2 Å². The molecule has 3 heteroatoms. The van der Waals surface area contributed by atoms with Gasteiger partial charge < -0.3 is 4.74 Å². The topological polar surface area (TPSA) is 9.23 Å². The molecule has 3 rings (SSSR count). The molecular weight excluding hydrogens is 438 g/mol. The van der Waals surface area contributed by atoms with Gasteiger partial charge in [-0.05, 0) is 86.2 Å². The highest BCUT2D eigenvalue weighted by atomic mass is 19.2. The summed E-state index contributed by atoms with van der Waals surface area (Å²) < 4.78 is 35.3. The maximum Gasteiger partial charge on any atom is 0.200 e. The molecule has 0 spiro atoms. The van der Waals surface area contributed by atoms with Crippen LogP contribution in [0.4, 0.5) is 8.78 Å². The summed E-state index contributed by atoms with van der Waals surface area (Å²) >= 11 is 0. The molecule has 0 radical (unpaired) electrons. The van der Waals surface area contributed by atoms with E-state index in [1.54, 1.807) is 12.1 Å². The summed E-state index contributed by atoms with van der Waals surface area (Å²) in [6, 6.07) is 3.46. The summed E-state index contributed by atoms with van der Waals surface area (Å²) in [5.41, 5.74) is 0.567. The lowest BCUT2D eigenvalue weighted by Gasteiger charge is -2.39. The zero-order valence-corrected chi connectivity index (χ0v) is 22.9. The van der Waals surface area contributed by atoms with Crippen LogP contribution >= 0.6 is 0 Å². The summed E-state index contributed by atoms with van der Waals surface area (Å²) in [5.74, 6) is 2.10. The fraction of sp³-hybridized carbons (Fsp3) is 0.812. The van der Waals surface area contributed by atoms with Crippen LogP contribution in [-0.4, -0.2) is 6.61 Å². The van der Waals surface area contributed by atoms with E-state index in [4.69, 9.17) is 4.74 Å². The number of hydrogen-bond donors (Lipinski definition) is 0. The van der Waals surface area contributed by atoms with Crippen LogP contribution < -0.4 is 4.74 Å². The first-order valence-electron chi connectivity index (χ1n) is 15.2. The van der Waals surface area contributed by atoms with Crippen LogP contribution in [0.25, 0.3) is 0 Å². The fourth-order valence-corrected chi connectivity index (χ4v) is 6.87. The Morgan fingerprint density at radius 1 is 0.743 bits per heavy atom. The van der Waals surface area contributed by atoms with Crippen molar-refractivity contribution in [3.05, 3.63) is 29.3 Å². The van der Waals surface area contributed by atoms with E-state index in [2.05, 4.69) is 20.8 Å². The maximum absolute atomic E-state index is 15.0. The van der Waals surface area contributed by atoms with E-state index in [-0.39, 0.29) is 11.7 Å². The van der Waals surface area contributed by atoms with Gasteiger partial charge in [-0.1, -0.05) is 91.0 Å². The predicted molar refractivity (Wildman–Crippen MR) is 144 cm³/mol. The molecule has 0 amide bonds. The zero-order valence-electron chi connectivity index (χ0n) is 22.9. The van der Waals surface area contributed by atoms with Crippen LogP contribution in [0.3, 0.4) is 0 Å². The molecule has 0 saturated heterocycles. The van der Waals surface area contributed by atoms with Crippen LogP contribution in [0.2, 0.25) is 0 Å². The minimum atomic E-state index is -0.788. The van der Waals surface area contributed by atoms with Crippen molar-refractivity contribution in [1.82, 2.24) is 0 Å². The van der Waals surface area contributed by atoms with Gasteiger partial charge in [-0.15, -0.1) is 0 Å². The largest absolute Gasteiger partial charge is 0.490 e. The third-order valence-electron chi connectivity index (χ3n) is 9.39. The van der Waals surface area contributed by atoms with Gasteiger partial charge in [0.25, 0.3) is 0 Å². The normalized spacial score (nSPS) is 26.0. The van der Waals surface area contributed by atoms with E-state index in [9.17, 15) is 8.78 Å². The molecule has 1 nitrogen and oxygen atoms in total. The second-order valence-electron chi connectivity index (χ2n) is 11.8. The average Bonchev–Trinajstić information content (AvgIpc) is 2.89. The van der Waals surface area contributed by atoms with E-state index >= 15 is 0 Å². The summed E-state index contributed by atoms with van der Waals surface area (Å²) in [7, 11) is 0. The van der Waals surface area contributed by atoms with Crippen molar-refractivity contribution in [3.63, 3.8) is 0 Å². The molecule has 0 aliphatic heterocycles. The van der Waals surface area contributed by atoms with Gasteiger partial charge >= 0.3 is 0 Å². The number of ether oxygens (including phenoxy) is 1. The number of unbranched alkanes of at least 4 members (excludes halogenated alkanes) is 6. The van der Waals surface area contributed by atoms with Crippen molar-refractivity contribution in [1.29, 1.82) is 0 Å². The molecule has 1 unspecified atom stereocenters. The monoisotopic (exact) mass is 490 g/mol. The van der Waals surface area contributed by atoms with Gasteiger partial charge in [-0.3, -0.25) is 0 Å². The molecule has 1 aromatic rings. The summed E-state index contributed by atoms with van der Waals surface area (Å²) in [6.07, 6.45) is 20.9. The Bertz CT molecular complexity index is 717. The van der Waals surface area contributed by atoms with Gasteiger partial charge in [-0.2, -0.15) is 4.39 Å². The molecule has 200 valence electrons. The number of halogens is 2. The minimum absolute atomic E-state index is 0.0802. The molecule has 2 aliphatic rings. The molecule has 0 aromatic heterocycles. The van der Waals surface area contributed by atoms with Crippen molar-refractivity contribution in [2.24, 2.45) is 23.7 Å². The van der Waals surface area contributed by atoms with Crippen LogP contribution in [0, 0.1) is 35.3 Å². The van der Waals surface area contributed by atoms with Crippen LogP contribution in [0.1, 0.15) is 141 Å². The zero-order chi connectivity index (χ0) is 25.0. The maximum atomic E-state index is 15.0. The van der Waals surface area contributed by atoms with E-state index in [1.165, 1.54) is 70.6 Å².